The number of esters is 1. The summed E-state index contributed by atoms with van der Waals surface area (Å²) >= 11 is 12.9. The standard InChI is InChI=1S/C32H25Cl2F3N2O5S/c1-3-42-24-15-18(8-13-23(24)44-17-19-6-5-7-22(34)14-19)16-25-29(40)39-27(20-9-11-21(33)12-10-20)26(30(41)43-4-2)28(32(35,36)37)38-31(39)45-25/h5-16,27H,3-4,17H2,1-2H3/b25-16-/t27-/m1/s1. The molecule has 13 heteroatoms. The van der Waals surface area contributed by atoms with Gasteiger partial charge in [-0.15, -0.1) is 0 Å². The summed E-state index contributed by atoms with van der Waals surface area (Å²) < 4.78 is 60.9. The second kappa shape index (κ2) is 13.5. The van der Waals surface area contributed by atoms with Gasteiger partial charge in [0.25, 0.3) is 5.56 Å². The van der Waals surface area contributed by atoms with Gasteiger partial charge >= 0.3 is 12.1 Å². The van der Waals surface area contributed by atoms with Gasteiger partial charge in [0.15, 0.2) is 22.0 Å². The molecule has 0 saturated carbocycles. The molecule has 7 nitrogen and oxygen atoms in total. The van der Waals surface area contributed by atoms with Crippen LogP contribution in [-0.4, -0.2) is 29.9 Å². The molecule has 1 aliphatic rings. The van der Waals surface area contributed by atoms with Crippen LogP contribution in [-0.2, 0) is 16.1 Å². The van der Waals surface area contributed by atoms with E-state index >= 15 is 0 Å². The van der Waals surface area contributed by atoms with E-state index < -0.39 is 35.0 Å². The molecule has 0 unspecified atom stereocenters. The van der Waals surface area contributed by atoms with Crippen molar-refractivity contribution in [1.82, 2.24) is 4.57 Å². The zero-order valence-electron chi connectivity index (χ0n) is 23.9. The van der Waals surface area contributed by atoms with Crippen LogP contribution in [0.15, 0.2) is 87.8 Å². The Balaban J connectivity index is 1.62. The van der Waals surface area contributed by atoms with Gasteiger partial charge in [0, 0.05) is 10.0 Å². The molecule has 0 N–H and O–H groups in total. The van der Waals surface area contributed by atoms with Crippen LogP contribution in [0.2, 0.25) is 10.0 Å². The van der Waals surface area contributed by atoms with E-state index in [0.717, 1.165) is 21.5 Å². The molecule has 0 bridgehead atoms. The first-order valence-electron chi connectivity index (χ1n) is 13.7. The molecule has 0 fully saturated rings. The van der Waals surface area contributed by atoms with Crippen molar-refractivity contribution in [3.8, 4) is 11.5 Å². The first-order valence-corrected chi connectivity index (χ1v) is 15.3. The molecular formula is C32H25Cl2F3N2O5S. The smallest absolute Gasteiger partial charge is 0.434 e. The fourth-order valence-corrected chi connectivity index (χ4v) is 6.08. The lowest BCUT2D eigenvalue weighted by atomic mass is 9.95. The molecule has 5 rings (SSSR count). The maximum Gasteiger partial charge on any atom is 0.434 e. The number of allylic oxidation sites excluding steroid dienone is 1. The number of fused-ring (bicyclic) bond motifs is 1. The number of hydrogen-bond donors (Lipinski definition) is 0. The summed E-state index contributed by atoms with van der Waals surface area (Å²) in [6.07, 6.45) is -3.48. The highest BCUT2D eigenvalue weighted by Gasteiger charge is 2.45. The predicted octanol–water partition coefficient (Wildman–Crippen LogP) is 6.63. The molecule has 0 saturated heterocycles. The highest BCUT2D eigenvalue weighted by molar-refractivity contribution is 7.07. The fourth-order valence-electron chi connectivity index (χ4n) is 4.74. The maximum absolute atomic E-state index is 14.3. The van der Waals surface area contributed by atoms with Crippen LogP contribution >= 0.6 is 34.5 Å². The van der Waals surface area contributed by atoms with E-state index in [0.29, 0.717) is 33.7 Å². The minimum atomic E-state index is -5.00. The number of rotatable bonds is 9. The fraction of sp³-hybridized carbons (Fsp3) is 0.219. The van der Waals surface area contributed by atoms with E-state index in [1.54, 1.807) is 30.3 Å². The molecular weight excluding hydrogens is 652 g/mol. The van der Waals surface area contributed by atoms with Gasteiger partial charge < -0.3 is 14.2 Å². The molecule has 234 valence electrons. The number of benzene rings is 3. The Kier molecular flexibility index (Phi) is 9.71. The first kappa shape index (κ1) is 32.3. The highest BCUT2D eigenvalue weighted by Crippen LogP contribution is 2.38. The van der Waals surface area contributed by atoms with Crippen LogP contribution in [0.5, 0.6) is 11.5 Å². The molecule has 3 aromatic carbocycles. The van der Waals surface area contributed by atoms with Gasteiger partial charge in [0.05, 0.1) is 29.4 Å². The Morgan fingerprint density at radius 3 is 2.40 bits per heavy atom. The van der Waals surface area contributed by atoms with Crippen molar-refractivity contribution in [2.75, 3.05) is 13.2 Å². The van der Waals surface area contributed by atoms with Crippen LogP contribution in [0.3, 0.4) is 0 Å². The number of carbonyl (C=O) groups is 1. The van der Waals surface area contributed by atoms with Gasteiger partial charge in [-0.25, -0.2) is 9.79 Å². The van der Waals surface area contributed by atoms with Crippen LogP contribution in [0.1, 0.15) is 36.6 Å². The van der Waals surface area contributed by atoms with Gasteiger partial charge in [-0.1, -0.05) is 64.9 Å². The summed E-state index contributed by atoms with van der Waals surface area (Å²) in [5.74, 6) is -0.367. The van der Waals surface area contributed by atoms with E-state index in [9.17, 15) is 22.8 Å². The number of hydrogen-bond acceptors (Lipinski definition) is 7. The second-order valence-corrected chi connectivity index (χ2v) is 11.6. The van der Waals surface area contributed by atoms with Crippen LogP contribution < -0.4 is 24.4 Å². The van der Waals surface area contributed by atoms with Crippen LogP contribution in [0, 0.1) is 0 Å². The van der Waals surface area contributed by atoms with E-state index in [2.05, 4.69) is 4.99 Å². The van der Waals surface area contributed by atoms with Crippen molar-refractivity contribution in [1.29, 1.82) is 0 Å². The number of ether oxygens (including phenoxy) is 3. The summed E-state index contributed by atoms with van der Waals surface area (Å²) in [4.78, 5) is 30.4. The van der Waals surface area contributed by atoms with E-state index in [4.69, 9.17) is 37.4 Å². The van der Waals surface area contributed by atoms with Crippen molar-refractivity contribution in [3.05, 3.63) is 124 Å². The third-order valence-electron chi connectivity index (χ3n) is 6.63. The zero-order valence-corrected chi connectivity index (χ0v) is 26.2. The molecule has 45 heavy (non-hydrogen) atoms. The lowest BCUT2D eigenvalue weighted by Crippen LogP contribution is -2.41. The number of aromatic nitrogens is 1. The monoisotopic (exact) mass is 676 g/mol. The predicted molar refractivity (Wildman–Crippen MR) is 166 cm³/mol. The van der Waals surface area contributed by atoms with Gasteiger partial charge in [-0.2, -0.15) is 13.2 Å². The van der Waals surface area contributed by atoms with Crippen molar-refractivity contribution >= 4 is 46.6 Å². The van der Waals surface area contributed by atoms with E-state index in [1.165, 1.54) is 37.3 Å². The topological polar surface area (TPSA) is 79.1 Å². The largest absolute Gasteiger partial charge is 0.490 e. The molecule has 0 radical (unpaired) electrons. The summed E-state index contributed by atoms with van der Waals surface area (Å²) in [7, 11) is 0. The van der Waals surface area contributed by atoms with Crippen molar-refractivity contribution in [3.63, 3.8) is 0 Å². The Bertz CT molecular complexity index is 1950. The summed E-state index contributed by atoms with van der Waals surface area (Å²) in [6, 6.07) is 16.6. The van der Waals surface area contributed by atoms with E-state index in [1.807, 2.05) is 19.1 Å². The normalized spacial score (nSPS) is 15.0. The van der Waals surface area contributed by atoms with Gasteiger partial charge in [0.2, 0.25) is 0 Å². The van der Waals surface area contributed by atoms with Crippen molar-refractivity contribution in [2.24, 2.45) is 4.99 Å². The molecule has 2 heterocycles. The Morgan fingerprint density at radius 1 is 0.978 bits per heavy atom. The van der Waals surface area contributed by atoms with Crippen molar-refractivity contribution < 1.29 is 32.2 Å². The molecule has 4 aromatic rings. The zero-order chi connectivity index (χ0) is 32.3. The molecule has 0 spiro atoms. The molecule has 1 atom stereocenters. The molecule has 0 amide bonds. The molecule has 1 aromatic heterocycles. The number of halogens is 5. The minimum Gasteiger partial charge on any atom is -0.490 e. The summed E-state index contributed by atoms with van der Waals surface area (Å²) in [6.45, 7) is 3.67. The number of alkyl halides is 3. The minimum absolute atomic E-state index is 0.0920. The highest BCUT2D eigenvalue weighted by atomic mass is 35.5. The number of carbonyl (C=O) groups excluding carboxylic acids is 1. The number of thiazole rings is 1. The average Bonchev–Trinajstić information content (AvgIpc) is 3.30. The molecule has 0 aliphatic carbocycles. The SMILES string of the molecule is CCOC(=O)C1=C(C(F)(F)F)N=c2s/c(=C\c3ccc(OCc4cccc(Cl)c4)c(OCC)c3)c(=O)n2[C@@H]1c1ccc(Cl)cc1. The third-order valence-corrected chi connectivity index (χ3v) is 8.10. The van der Waals surface area contributed by atoms with Crippen LogP contribution in [0.25, 0.3) is 6.08 Å². The van der Waals surface area contributed by atoms with Crippen LogP contribution in [0.4, 0.5) is 13.2 Å². The van der Waals surface area contributed by atoms with Gasteiger partial charge in [-0.3, -0.25) is 9.36 Å². The maximum atomic E-state index is 14.3. The Labute approximate surface area is 269 Å². The summed E-state index contributed by atoms with van der Waals surface area (Å²) in [5.41, 5.74) is -1.24. The molecule has 1 aliphatic heterocycles. The second-order valence-electron chi connectivity index (χ2n) is 9.67. The van der Waals surface area contributed by atoms with Crippen molar-refractivity contribution in [2.45, 2.75) is 32.7 Å². The first-order chi connectivity index (χ1) is 21.5. The quantitative estimate of drug-likeness (QED) is 0.186. The Morgan fingerprint density at radius 2 is 1.73 bits per heavy atom. The average molecular weight is 678 g/mol. The lowest BCUT2D eigenvalue weighted by Gasteiger charge is -2.26. The third kappa shape index (κ3) is 7.11. The lowest BCUT2D eigenvalue weighted by molar-refractivity contribution is -0.140. The summed E-state index contributed by atoms with van der Waals surface area (Å²) in [5, 5.41) is 0.905. The van der Waals surface area contributed by atoms with E-state index in [-0.39, 0.29) is 28.1 Å². The number of nitrogens with zero attached hydrogens (tertiary/aromatic N) is 2. The Hall–Kier alpha value is -4.06. The van der Waals surface area contributed by atoms with Gasteiger partial charge in [0.1, 0.15) is 6.61 Å². The van der Waals surface area contributed by atoms with Gasteiger partial charge in [-0.05, 0) is 73.0 Å².